The summed E-state index contributed by atoms with van der Waals surface area (Å²) in [7, 11) is 0. The summed E-state index contributed by atoms with van der Waals surface area (Å²) in [6.07, 6.45) is 1.67. The predicted octanol–water partition coefficient (Wildman–Crippen LogP) is 2.62. The molecule has 0 bridgehead atoms. The second kappa shape index (κ2) is 3.44. The smallest absolute Gasteiger partial charge is 0.135 e. The molecule has 1 unspecified atom stereocenters. The number of hydrogen-bond acceptors (Lipinski definition) is 2. The number of aliphatic hydroxyl groups excluding tert-OH is 1. The van der Waals surface area contributed by atoms with Gasteiger partial charge in [-0.2, -0.15) is 0 Å². The van der Waals surface area contributed by atoms with Crippen molar-refractivity contribution in [1.29, 1.82) is 0 Å². The van der Waals surface area contributed by atoms with E-state index >= 15 is 0 Å². The van der Waals surface area contributed by atoms with Gasteiger partial charge < -0.3 is 5.11 Å². The predicted molar refractivity (Wildman–Crippen MR) is 55.6 cm³/mol. The Kier molecular flexibility index (Phi) is 2.29. The van der Waals surface area contributed by atoms with Crippen LogP contribution in [0.5, 0.6) is 0 Å². The number of aromatic nitrogens is 1. The number of nitrogens with zero attached hydrogens (tertiary/aromatic N) is 1. The highest BCUT2D eigenvalue weighted by molar-refractivity contribution is 9.09. The molecule has 0 spiro atoms. The maximum atomic E-state index is 9.26. The zero-order valence-electron chi connectivity index (χ0n) is 6.81. The van der Waals surface area contributed by atoms with Crippen molar-refractivity contribution in [1.82, 2.24) is 4.98 Å². The molecule has 3 heteroatoms. The van der Waals surface area contributed by atoms with Gasteiger partial charge in [0.25, 0.3) is 0 Å². The maximum Gasteiger partial charge on any atom is 0.135 e. The molecule has 2 rings (SSSR count). The van der Waals surface area contributed by atoms with E-state index in [9.17, 15) is 5.11 Å². The van der Waals surface area contributed by atoms with Gasteiger partial charge in [0.15, 0.2) is 0 Å². The first kappa shape index (κ1) is 8.66. The van der Waals surface area contributed by atoms with E-state index in [0.717, 1.165) is 16.5 Å². The average molecular weight is 238 g/mol. The summed E-state index contributed by atoms with van der Waals surface area (Å²) in [6.45, 7) is 0. The molecule has 1 atom stereocenters. The Balaban J connectivity index is 2.62. The number of hydrogen-bond donors (Lipinski definition) is 1. The molecule has 0 saturated carbocycles. The van der Waals surface area contributed by atoms with Crippen LogP contribution in [0.15, 0.2) is 36.5 Å². The topological polar surface area (TPSA) is 33.1 Å². The maximum absolute atomic E-state index is 9.26. The molecule has 0 saturated heterocycles. The number of fused-ring (bicyclic) bond motifs is 1. The molecule has 0 aliphatic carbocycles. The molecule has 0 fully saturated rings. The fraction of sp³-hybridized carbons (Fsp3) is 0.100. The van der Waals surface area contributed by atoms with E-state index in [1.54, 1.807) is 6.20 Å². The van der Waals surface area contributed by atoms with Gasteiger partial charge in [-0.3, -0.25) is 4.98 Å². The van der Waals surface area contributed by atoms with Gasteiger partial charge in [0.05, 0.1) is 5.52 Å². The quantitative estimate of drug-likeness (QED) is 0.774. The van der Waals surface area contributed by atoms with E-state index in [4.69, 9.17) is 0 Å². The number of pyridine rings is 1. The summed E-state index contributed by atoms with van der Waals surface area (Å²) in [6, 6.07) is 9.73. The summed E-state index contributed by atoms with van der Waals surface area (Å²) < 4.78 is 0. The van der Waals surface area contributed by atoms with E-state index in [-0.39, 0.29) is 0 Å². The molecule has 0 aliphatic rings. The van der Waals surface area contributed by atoms with E-state index in [0.29, 0.717) is 0 Å². The van der Waals surface area contributed by atoms with Crippen molar-refractivity contribution in [3.8, 4) is 0 Å². The highest BCUT2D eigenvalue weighted by Gasteiger charge is 2.03. The van der Waals surface area contributed by atoms with Crippen LogP contribution >= 0.6 is 15.9 Å². The highest BCUT2D eigenvalue weighted by Crippen LogP contribution is 2.21. The molecule has 0 amide bonds. The van der Waals surface area contributed by atoms with Crippen LogP contribution in [-0.2, 0) is 0 Å². The molecule has 0 radical (unpaired) electrons. The average Bonchev–Trinajstić information content (AvgIpc) is 2.17. The number of para-hydroxylation sites is 1. The number of aliphatic hydroxyl groups is 1. The molecular weight excluding hydrogens is 230 g/mol. The molecule has 2 aromatic rings. The third-order valence-electron chi connectivity index (χ3n) is 1.89. The molecule has 1 aromatic carbocycles. The number of halogens is 1. The van der Waals surface area contributed by atoms with Crippen molar-refractivity contribution in [2.24, 2.45) is 0 Å². The van der Waals surface area contributed by atoms with Crippen LogP contribution in [0.3, 0.4) is 0 Å². The van der Waals surface area contributed by atoms with Crippen LogP contribution in [0.1, 0.15) is 10.6 Å². The molecule has 66 valence electrons. The van der Waals surface area contributed by atoms with E-state index < -0.39 is 5.01 Å². The van der Waals surface area contributed by atoms with Crippen molar-refractivity contribution in [2.75, 3.05) is 0 Å². The lowest BCUT2D eigenvalue weighted by atomic mass is 10.2. The molecule has 0 aliphatic heterocycles. The molecular formula is C10H8BrNO. The lowest BCUT2D eigenvalue weighted by Gasteiger charge is -2.03. The van der Waals surface area contributed by atoms with Crippen LogP contribution in [0.4, 0.5) is 0 Å². The van der Waals surface area contributed by atoms with Crippen molar-refractivity contribution in [2.45, 2.75) is 5.01 Å². The van der Waals surface area contributed by atoms with E-state index in [2.05, 4.69) is 20.9 Å². The fourth-order valence-corrected chi connectivity index (χ4v) is 1.47. The van der Waals surface area contributed by atoms with Gasteiger partial charge in [0, 0.05) is 17.1 Å². The summed E-state index contributed by atoms with van der Waals surface area (Å²) in [5.41, 5.74) is 1.72. The minimum atomic E-state index is -0.635. The Morgan fingerprint density at radius 1 is 1.31 bits per heavy atom. The zero-order chi connectivity index (χ0) is 9.26. The van der Waals surface area contributed by atoms with Crippen molar-refractivity contribution < 1.29 is 5.11 Å². The molecule has 1 N–H and O–H groups in total. The Morgan fingerprint density at radius 2 is 2.08 bits per heavy atom. The highest BCUT2D eigenvalue weighted by atomic mass is 79.9. The van der Waals surface area contributed by atoms with Crippen LogP contribution in [0.2, 0.25) is 0 Å². The van der Waals surface area contributed by atoms with Crippen molar-refractivity contribution in [3.05, 3.63) is 42.1 Å². The van der Waals surface area contributed by atoms with Gasteiger partial charge in [-0.25, -0.2) is 0 Å². The van der Waals surface area contributed by atoms with Crippen molar-refractivity contribution in [3.63, 3.8) is 0 Å². The second-order valence-electron chi connectivity index (χ2n) is 2.80. The third kappa shape index (κ3) is 1.71. The van der Waals surface area contributed by atoms with E-state index in [1.807, 2.05) is 30.3 Å². The van der Waals surface area contributed by atoms with E-state index in [1.165, 1.54) is 0 Å². The van der Waals surface area contributed by atoms with Crippen molar-refractivity contribution >= 4 is 26.8 Å². The lowest BCUT2D eigenvalue weighted by molar-refractivity contribution is 0.277. The Labute approximate surface area is 84.4 Å². The lowest BCUT2D eigenvalue weighted by Crippen LogP contribution is -1.89. The Bertz CT molecular complexity index is 428. The molecule has 1 aromatic heterocycles. The summed E-state index contributed by atoms with van der Waals surface area (Å²) >= 11 is 3.08. The monoisotopic (exact) mass is 237 g/mol. The van der Waals surface area contributed by atoms with Crippen LogP contribution < -0.4 is 0 Å². The van der Waals surface area contributed by atoms with Crippen LogP contribution in [0.25, 0.3) is 10.9 Å². The Hall–Kier alpha value is -0.930. The number of benzene rings is 1. The van der Waals surface area contributed by atoms with Gasteiger partial charge in [-0.1, -0.05) is 34.1 Å². The summed E-state index contributed by atoms with van der Waals surface area (Å²) in [4.78, 5) is 4.21. The molecule has 13 heavy (non-hydrogen) atoms. The first-order chi connectivity index (χ1) is 6.27. The third-order valence-corrected chi connectivity index (χ3v) is 2.42. The minimum Gasteiger partial charge on any atom is -0.377 e. The largest absolute Gasteiger partial charge is 0.377 e. The molecule has 2 nitrogen and oxygen atoms in total. The normalized spacial score (nSPS) is 13.1. The summed E-state index contributed by atoms with van der Waals surface area (Å²) in [5, 5.41) is 9.67. The van der Waals surface area contributed by atoms with Gasteiger partial charge >= 0.3 is 0 Å². The van der Waals surface area contributed by atoms with Gasteiger partial charge in [-0.05, 0) is 12.1 Å². The van der Waals surface area contributed by atoms with Crippen LogP contribution in [-0.4, -0.2) is 10.1 Å². The minimum absolute atomic E-state index is 0.635. The van der Waals surface area contributed by atoms with Gasteiger partial charge in [0.2, 0.25) is 0 Å². The standard InChI is InChI=1S/C10H8BrNO/c11-10(13)8-5-7-3-1-2-4-9(7)12-6-8/h1-6,10,13H. The van der Waals surface area contributed by atoms with Gasteiger partial charge in [0.1, 0.15) is 5.01 Å². The summed E-state index contributed by atoms with van der Waals surface area (Å²) in [5.74, 6) is 0. The SMILES string of the molecule is OC(Br)c1cnc2ccccc2c1. The second-order valence-corrected chi connectivity index (χ2v) is 3.66. The van der Waals surface area contributed by atoms with Crippen LogP contribution in [0, 0.1) is 0 Å². The number of alkyl halides is 1. The zero-order valence-corrected chi connectivity index (χ0v) is 8.40. The Morgan fingerprint density at radius 3 is 2.85 bits per heavy atom. The molecule has 1 heterocycles. The number of rotatable bonds is 1. The first-order valence-corrected chi connectivity index (χ1v) is 4.86. The van der Waals surface area contributed by atoms with Gasteiger partial charge in [-0.15, -0.1) is 0 Å². The first-order valence-electron chi connectivity index (χ1n) is 3.94. The fourth-order valence-electron chi connectivity index (χ4n) is 1.22.